The van der Waals surface area contributed by atoms with Gasteiger partial charge in [0.25, 0.3) is 0 Å². The summed E-state index contributed by atoms with van der Waals surface area (Å²) in [5, 5.41) is 0. The number of benzene rings is 6. The van der Waals surface area contributed by atoms with E-state index in [-0.39, 0.29) is 5.41 Å². The number of hydrogen-bond acceptors (Lipinski definition) is 2. The van der Waals surface area contributed by atoms with Gasteiger partial charge in [0.2, 0.25) is 0 Å². The second kappa shape index (κ2) is 9.05. The summed E-state index contributed by atoms with van der Waals surface area (Å²) in [6.07, 6.45) is 0. The lowest BCUT2D eigenvalue weighted by Crippen LogP contribution is -2.43. The number of imidazole rings is 1. The fraction of sp³-hybridized carbons (Fsp3) is 0.0976. The standard InChI is InChI=1S/C41H30N2O/c1-40(2)29-16-6-8-18-31(29)41(32-19-9-7-17-30(32)40)33-20-10-13-23-37(33)44-38-26-27(24-25-34(38)41)39-42-35-21-11-12-22-36(35)43(39)28-14-4-3-5-15-28/h3-26H,1-2H3. The van der Waals surface area contributed by atoms with Crippen molar-refractivity contribution in [1.82, 2.24) is 9.55 Å². The third-order valence-corrected chi connectivity index (χ3v) is 9.74. The Labute approximate surface area is 257 Å². The molecule has 0 fully saturated rings. The summed E-state index contributed by atoms with van der Waals surface area (Å²) in [6, 6.07) is 52.0. The summed E-state index contributed by atoms with van der Waals surface area (Å²) in [4.78, 5) is 5.15. The average molecular weight is 567 g/mol. The highest BCUT2D eigenvalue weighted by atomic mass is 16.5. The Morgan fingerprint density at radius 3 is 1.82 bits per heavy atom. The molecule has 2 heterocycles. The van der Waals surface area contributed by atoms with Crippen LogP contribution in [0.25, 0.3) is 28.1 Å². The van der Waals surface area contributed by atoms with Gasteiger partial charge in [0.05, 0.1) is 16.4 Å². The Morgan fingerprint density at radius 1 is 0.523 bits per heavy atom. The second-order valence-corrected chi connectivity index (χ2v) is 12.4. The minimum atomic E-state index is -0.523. The number of aromatic nitrogens is 2. The molecule has 0 amide bonds. The topological polar surface area (TPSA) is 27.1 Å². The molecular formula is C41H30N2O. The minimum absolute atomic E-state index is 0.146. The number of hydrogen-bond donors (Lipinski definition) is 0. The summed E-state index contributed by atoms with van der Waals surface area (Å²) < 4.78 is 9.08. The normalized spacial score (nSPS) is 15.1. The number of fused-ring (bicyclic) bond motifs is 9. The van der Waals surface area contributed by atoms with E-state index in [0.717, 1.165) is 45.2 Å². The molecule has 6 aromatic carbocycles. The van der Waals surface area contributed by atoms with E-state index in [2.05, 4.69) is 152 Å². The van der Waals surface area contributed by atoms with Crippen molar-refractivity contribution in [3.63, 3.8) is 0 Å². The van der Waals surface area contributed by atoms with Crippen molar-refractivity contribution in [2.75, 3.05) is 0 Å². The fourth-order valence-electron chi connectivity index (χ4n) is 7.82. The Morgan fingerprint density at radius 2 is 1.09 bits per heavy atom. The van der Waals surface area contributed by atoms with Gasteiger partial charge in [-0.25, -0.2) is 4.98 Å². The molecule has 44 heavy (non-hydrogen) atoms. The molecular weight excluding hydrogens is 536 g/mol. The van der Waals surface area contributed by atoms with Crippen LogP contribution in [-0.4, -0.2) is 9.55 Å². The second-order valence-electron chi connectivity index (χ2n) is 12.4. The molecule has 3 heteroatoms. The molecule has 0 saturated heterocycles. The van der Waals surface area contributed by atoms with Crippen molar-refractivity contribution in [3.05, 3.63) is 179 Å². The van der Waals surface area contributed by atoms with E-state index >= 15 is 0 Å². The molecule has 210 valence electrons. The van der Waals surface area contributed by atoms with Gasteiger partial charge in [0.15, 0.2) is 0 Å². The van der Waals surface area contributed by atoms with Gasteiger partial charge in [-0.05, 0) is 58.7 Å². The lowest BCUT2D eigenvalue weighted by molar-refractivity contribution is 0.425. The van der Waals surface area contributed by atoms with Crippen molar-refractivity contribution in [2.24, 2.45) is 0 Å². The molecule has 1 aromatic heterocycles. The van der Waals surface area contributed by atoms with Crippen LogP contribution in [0.2, 0.25) is 0 Å². The van der Waals surface area contributed by atoms with Crippen LogP contribution in [0.15, 0.2) is 146 Å². The molecule has 0 atom stereocenters. The zero-order valence-electron chi connectivity index (χ0n) is 24.7. The van der Waals surface area contributed by atoms with Gasteiger partial charge >= 0.3 is 0 Å². The molecule has 0 N–H and O–H groups in total. The highest BCUT2D eigenvalue weighted by molar-refractivity contribution is 5.84. The minimum Gasteiger partial charge on any atom is -0.457 e. The van der Waals surface area contributed by atoms with Crippen molar-refractivity contribution in [3.8, 4) is 28.6 Å². The first-order valence-electron chi connectivity index (χ1n) is 15.2. The zero-order chi connectivity index (χ0) is 29.5. The Balaban J connectivity index is 1.36. The van der Waals surface area contributed by atoms with Crippen LogP contribution in [0.1, 0.15) is 47.2 Å². The van der Waals surface area contributed by atoms with Gasteiger partial charge < -0.3 is 4.74 Å². The smallest absolute Gasteiger partial charge is 0.145 e. The van der Waals surface area contributed by atoms with Gasteiger partial charge in [0, 0.05) is 27.8 Å². The van der Waals surface area contributed by atoms with E-state index in [1.54, 1.807) is 0 Å². The third kappa shape index (κ3) is 3.24. The summed E-state index contributed by atoms with van der Waals surface area (Å²) in [6.45, 7) is 4.70. The first kappa shape index (κ1) is 25.1. The van der Waals surface area contributed by atoms with Gasteiger partial charge in [-0.3, -0.25) is 4.57 Å². The van der Waals surface area contributed by atoms with Crippen LogP contribution < -0.4 is 4.74 Å². The van der Waals surface area contributed by atoms with Crippen LogP contribution >= 0.6 is 0 Å². The van der Waals surface area contributed by atoms with Crippen LogP contribution in [0.3, 0.4) is 0 Å². The highest BCUT2D eigenvalue weighted by Gasteiger charge is 2.52. The maximum atomic E-state index is 6.83. The van der Waals surface area contributed by atoms with Crippen LogP contribution in [0.5, 0.6) is 11.5 Å². The fourth-order valence-corrected chi connectivity index (χ4v) is 7.82. The van der Waals surface area contributed by atoms with Gasteiger partial charge in [-0.15, -0.1) is 0 Å². The van der Waals surface area contributed by atoms with Crippen molar-refractivity contribution < 1.29 is 4.74 Å². The lowest BCUT2D eigenvalue weighted by Gasteiger charge is -2.50. The van der Waals surface area contributed by atoms with Crippen LogP contribution in [0.4, 0.5) is 0 Å². The first-order chi connectivity index (χ1) is 21.6. The maximum Gasteiger partial charge on any atom is 0.145 e. The largest absolute Gasteiger partial charge is 0.457 e. The van der Waals surface area contributed by atoms with Crippen LogP contribution in [0, 0.1) is 0 Å². The van der Waals surface area contributed by atoms with Crippen LogP contribution in [-0.2, 0) is 10.8 Å². The number of ether oxygens (including phenoxy) is 1. The van der Waals surface area contributed by atoms with Gasteiger partial charge in [-0.1, -0.05) is 123 Å². The van der Waals surface area contributed by atoms with E-state index in [1.165, 1.54) is 27.8 Å². The summed E-state index contributed by atoms with van der Waals surface area (Å²) >= 11 is 0. The molecule has 2 aliphatic rings. The molecule has 0 saturated carbocycles. The predicted octanol–water partition coefficient (Wildman–Crippen LogP) is 9.82. The van der Waals surface area contributed by atoms with E-state index in [1.807, 2.05) is 12.1 Å². The van der Waals surface area contributed by atoms with Gasteiger partial charge in [0.1, 0.15) is 17.3 Å². The molecule has 0 unspecified atom stereocenters. The zero-order valence-corrected chi connectivity index (χ0v) is 24.7. The molecule has 0 bridgehead atoms. The first-order valence-corrected chi connectivity index (χ1v) is 15.2. The molecule has 7 aromatic rings. The Kier molecular flexibility index (Phi) is 5.16. The summed E-state index contributed by atoms with van der Waals surface area (Å²) in [5.41, 5.74) is 11.1. The molecule has 1 aliphatic heterocycles. The monoisotopic (exact) mass is 566 g/mol. The number of nitrogens with zero attached hydrogens (tertiary/aromatic N) is 2. The van der Waals surface area contributed by atoms with E-state index in [4.69, 9.17) is 9.72 Å². The SMILES string of the molecule is CC1(C)c2ccccc2C2(c3ccccc3Oc3cc(-c4nc5ccccc5n4-c4ccccc4)ccc32)c2ccccc21. The molecule has 1 aliphatic carbocycles. The van der Waals surface area contributed by atoms with E-state index < -0.39 is 5.41 Å². The molecule has 3 nitrogen and oxygen atoms in total. The quantitative estimate of drug-likeness (QED) is 0.208. The number of para-hydroxylation sites is 4. The van der Waals surface area contributed by atoms with Crippen molar-refractivity contribution >= 4 is 11.0 Å². The van der Waals surface area contributed by atoms with Crippen molar-refractivity contribution in [1.29, 1.82) is 0 Å². The average Bonchev–Trinajstić information content (AvgIpc) is 3.47. The summed E-state index contributed by atoms with van der Waals surface area (Å²) in [5.74, 6) is 2.64. The Hall–Kier alpha value is -5.41. The predicted molar refractivity (Wildman–Crippen MR) is 177 cm³/mol. The van der Waals surface area contributed by atoms with E-state index in [9.17, 15) is 0 Å². The molecule has 1 spiro atoms. The summed E-state index contributed by atoms with van der Waals surface area (Å²) in [7, 11) is 0. The lowest BCUT2D eigenvalue weighted by atomic mass is 9.53. The van der Waals surface area contributed by atoms with E-state index in [0.29, 0.717) is 0 Å². The van der Waals surface area contributed by atoms with Gasteiger partial charge in [-0.2, -0.15) is 0 Å². The Bertz CT molecular complexity index is 2190. The maximum absolute atomic E-state index is 6.83. The highest BCUT2D eigenvalue weighted by Crippen LogP contribution is 2.61. The number of rotatable bonds is 2. The molecule has 0 radical (unpaired) electrons. The third-order valence-electron chi connectivity index (χ3n) is 9.74. The van der Waals surface area contributed by atoms with Crippen molar-refractivity contribution in [2.45, 2.75) is 24.7 Å². The molecule has 9 rings (SSSR count).